The Morgan fingerprint density at radius 3 is 2.55 bits per heavy atom. The van der Waals surface area contributed by atoms with Crippen molar-refractivity contribution in [1.29, 1.82) is 0 Å². The Kier molecular flexibility index (Phi) is 2.90. The predicted octanol–water partition coefficient (Wildman–Crippen LogP) is 3.96. The second-order valence-electron chi connectivity index (χ2n) is 6.64. The van der Waals surface area contributed by atoms with Crippen LogP contribution in [-0.2, 0) is 10.2 Å². The first kappa shape index (κ1) is 14.6. The summed E-state index contributed by atoms with van der Waals surface area (Å²) in [7, 11) is 1.63. The number of hydrogen-bond acceptors (Lipinski definition) is 3. The van der Waals surface area contributed by atoms with Gasteiger partial charge in [0, 0.05) is 11.0 Å². The molecule has 0 radical (unpaired) electrons. The summed E-state index contributed by atoms with van der Waals surface area (Å²) in [5, 5.41) is 10.7. The van der Waals surface area contributed by atoms with Gasteiger partial charge >= 0.3 is 0 Å². The largest absolute Gasteiger partial charge is 0.507 e. The summed E-state index contributed by atoms with van der Waals surface area (Å²) >= 11 is 0. The lowest BCUT2D eigenvalue weighted by molar-refractivity contribution is -0.121. The summed E-state index contributed by atoms with van der Waals surface area (Å²) in [4.78, 5) is 12.3. The van der Waals surface area contributed by atoms with Crippen molar-refractivity contribution < 1.29 is 14.6 Å². The minimum Gasteiger partial charge on any atom is -0.507 e. The number of hydrogen-bond donors (Lipinski definition) is 1. The van der Waals surface area contributed by atoms with Crippen LogP contribution in [0.25, 0.3) is 5.57 Å². The molecule has 3 heteroatoms. The number of aliphatic hydroxyl groups is 1. The smallest absolute Gasteiger partial charge is 0.165 e. The Balaban J connectivity index is 2.39. The van der Waals surface area contributed by atoms with Crippen molar-refractivity contribution >= 4 is 11.4 Å². The highest BCUT2D eigenvalue weighted by Gasteiger charge is 2.50. The number of rotatable bonds is 1. The van der Waals surface area contributed by atoms with Gasteiger partial charge in [-0.15, -0.1) is 0 Å². The molecule has 0 aromatic heterocycles. The number of carbonyl (C=O) groups is 1. The van der Waals surface area contributed by atoms with E-state index in [1.165, 1.54) is 0 Å². The number of benzene rings is 1. The van der Waals surface area contributed by atoms with E-state index in [-0.39, 0.29) is 11.5 Å². The van der Waals surface area contributed by atoms with Crippen LogP contribution in [0, 0.1) is 5.41 Å². The van der Waals surface area contributed by atoms with Crippen LogP contribution >= 0.6 is 0 Å². The average molecular weight is 296 g/mol. The third-order valence-electron chi connectivity index (χ3n) is 4.96. The predicted molar refractivity (Wildman–Crippen MR) is 87.0 cm³/mol. The third-order valence-corrected chi connectivity index (χ3v) is 4.96. The van der Waals surface area contributed by atoms with Crippen LogP contribution in [0.1, 0.15) is 31.9 Å². The van der Waals surface area contributed by atoms with Crippen LogP contribution in [0.3, 0.4) is 0 Å². The van der Waals surface area contributed by atoms with Gasteiger partial charge in [-0.25, -0.2) is 0 Å². The Labute approximate surface area is 130 Å². The van der Waals surface area contributed by atoms with Gasteiger partial charge in [0.15, 0.2) is 5.78 Å². The van der Waals surface area contributed by atoms with E-state index >= 15 is 0 Å². The Bertz CT molecular complexity index is 765. The van der Waals surface area contributed by atoms with Gasteiger partial charge in [0.2, 0.25) is 0 Å². The molecule has 0 saturated carbocycles. The monoisotopic (exact) mass is 296 g/mol. The summed E-state index contributed by atoms with van der Waals surface area (Å²) in [6.45, 7) is 9.74. The van der Waals surface area contributed by atoms with Crippen LogP contribution in [0.2, 0.25) is 0 Å². The highest BCUT2D eigenvalue weighted by molar-refractivity contribution is 6.01. The first-order valence-corrected chi connectivity index (χ1v) is 7.29. The lowest BCUT2D eigenvalue weighted by Crippen LogP contribution is -2.43. The van der Waals surface area contributed by atoms with Crippen LogP contribution in [-0.4, -0.2) is 18.0 Å². The maximum absolute atomic E-state index is 12.3. The lowest BCUT2D eigenvalue weighted by atomic mass is 9.57. The van der Waals surface area contributed by atoms with Crippen LogP contribution in [0.5, 0.6) is 5.75 Å². The number of carbonyl (C=O) groups excluding carboxylic acids is 1. The number of methoxy groups -OCH3 is 1. The fourth-order valence-corrected chi connectivity index (χ4v) is 3.69. The fourth-order valence-electron chi connectivity index (χ4n) is 3.69. The molecule has 2 aliphatic carbocycles. The average Bonchev–Trinajstić information content (AvgIpc) is 2.48. The number of ketones is 1. The molecule has 3 rings (SSSR count). The minimum absolute atomic E-state index is 0.00864. The Morgan fingerprint density at radius 1 is 1.23 bits per heavy atom. The topological polar surface area (TPSA) is 46.5 Å². The van der Waals surface area contributed by atoms with Gasteiger partial charge in [0.25, 0.3) is 0 Å². The molecule has 1 atom stereocenters. The summed E-state index contributed by atoms with van der Waals surface area (Å²) < 4.78 is 5.34. The molecule has 0 spiro atoms. The zero-order valence-electron chi connectivity index (χ0n) is 13.4. The molecule has 1 aromatic carbocycles. The molecule has 0 heterocycles. The van der Waals surface area contributed by atoms with Gasteiger partial charge in [-0.05, 0) is 55.7 Å². The standard InChI is InChI=1S/C19H20O3/c1-11-13-7-6-12(22-5)10-14(13)19(4)9-8-15(20)18(2,3)17(19)16(11)21/h6-10,21H,1H2,2-5H3/t19-/m1/s1. The van der Waals surface area contributed by atoms with Gasteiger partial charge in [0.1, 0.15) is 11.5 Å². The van der Waals surface area contributed by atoms with E-state index in [0.29, 0.717) is 11.1 Å². The van der Waals surface area contributed by atoms with Crippen molar-refractivity contribution in [3.63, 3.8) is 0 Å². The number of fused-ring (bicyclic) bond motifs is 3. The van der Waals surface area contributed by atoms with E-state index in [2.05, 4.69) is 6.58 Å². The van der Waals surface area contributed by atoms with Crippen LogP contribution in [0.4, 0.5) is 0 Å². The second-order valence-corrected chi connectivity index (χ2v) is 6.64. The molecule has 1 aromatic rings. The molecule has 2 aliphatic rings. The van der Waals surface area contributed by atoms with Crippen molar-refractivity contribution in [2.24, 2.45) is 5.41 Å². The van der Waals surface area contributed by atoms with Crippen LogP contribution in [0.15, 0.2) is 48.3 Å². The van der Waals surface area contributed by atoms with Crippen LogP contribution < -0.4 is 4.74 Å². The number of aliphatic hydroxyl groups excluding tert-OH is 1. The highest BCUT2D eigenvalue weighted by atomic mass is 16.5. The van der Waals surface area contributed by atoms with Gasteiger partial charge in [0.05, 0.1) is 12.5 Å². The van der Waals surface area contributed by atoms with Crippen molar-refractivity contribution in [2.45, 2.75) is 26.2 Å². The summed E-state index contributed by atoms with van der Waals surface area (Å²) in [5.74, 6) is 0.866. The third kappa shape index (κ3) is 1.65. The van der Waals surface area contributed by atoms with Crippen molar-refractivity contribution in [3.8, 4) is 5.75 Å². The van der Waals surface area contributed by atoms with E-state index in [0.717, 1.165) is 16.9 Å². The molecule has 0 bridgehead atoms. The fraction of sp³-hybridized carbons (Fsp3) is 0.316. The van der Waals surface area contributed by atoms with Crippen molar-refractivity contribution in [3.05, 3.63) is 59.4 Å². The Morgan fingerprint density at radius 2 is 1.91 bits per heavy atom. The zero-order chi connectivity index (χ0) is 16.3. The van der Waals surface area contributed by atoms with Gasteiger partial charge < -0.3 is 9.84 Å². The molecule has 0 saturated heterocycles. The normalized spacial score (nSPS) is 25.8. The highest BCUT2D eigenvalue weighted by Crippen LogP contribution is 2.54. The Hall–Kier alpha value is -2.29. The molecule has 22 heavy (non-hydrogen) atoms. The van der Waals surface area contributed by atoms with E-state index < -0.39 is 10.8 Å². The molecule has 3 nitrogen and oxygen atoms in total. The zero-order valence-corrected chi connectivity index (χ0v) is 13.4. The molecule has 114 valence electrons. The molecular formula is C19H20O3. The second kappa shape index (κ2) is 4.35. The quantitative estimate of drug-likeness (QED) is 0.853. The van der Waals surface area contributed by atoms with Gasteiger partial charge in [-0.3, -0.25) is 4.79 Å². The van der Waals surface area contributed by atoms with Crippen molar-refractivity contribution in [1.82, 2.24) is 0 Å². The van der Waals surface area contributed by atoms with E-state index in [9.17, 15) is 9.90 Å². The van der Waals surface area contributed by atoms with Crippen molar-refractivity contribution in [2.75, 3.05) is 7.11 Å². The molecule has 0 amide bonds. The molecule has 0 unspecified atom stereocenters. The molecule has 0 fully saturated rings. The summed E-state index contributed by atoms with van der Waals surface area (Å²) in [5.41, 5.74) is 1.84. The SMILES string of the molecule is C=C1C(O)=C2C(C)(C)C(=O)C=C[C@]2(C)c2cc(OC)ccc21. The maximum atomic E-state index is 12.3. The molecule has 1 N–H and O–H groups in total. The first-order valence-electron chi connectivity index (χ1n) is 7.29. The summed E-state index contributed by atoms with van der Waals surface area (Å²) in [6, 6.07) is 5.73. The van der Waals surface area contributed by atoms with Gasteiger partial charge in [-0.1, -0.05) is 18.7 Å². The number of allylic oxidation sites excluding steroid dienone is 4. The van der Waals surface area contributed by atoms with E-state index in [4.69, 9.17) is 4.74 Å². The van der Waals surface area contributed by atoms with E-state index in [1.807, 2.05) is 45.0 Å². The molecule has 0 aliphatic heterocycles. The maximum Gasteiger partial charge on any atom is 0.165 e. The molecular weight excluding hydrogens is 276 g/mol. The number of ether oxygens (including phenoxy) is 1. The van der Waals surface area contributed by atoms with E-state index in [1.54, 1.807) is 13.2 Å². The first-order chi connectivity index (χ1) is 10.2. The minimum atomic E-state index is -0.767. The summed E-state index contributed by atoms with van der Waals surface area (Å²) in [6.07, 6.45) is 3.49. The lowest BCUT2D eigenvalue weighted by Gasteiger charge is -2.45. The van der Waals surface area contributed by atoms with Gasteiger partial charge in [-0.2, -0.15) is 0 Å².